The van der Waals surface area contributed by atoms with Gasteiger partial charge in [0, 0.05) is 57.0 Å². The number of aromatic amines is 1. The number of carbonyl (C=O) groups excluding carboxylic acids is 2. The van der Waals surface area contributed by atoms with Crippen molar-refractivity contribution >= 4 is 24.2 Å². The SMILES string of the molecule is CN(C)C(=O)c1ccc(CNC(=O)c2n[nH]c3c2CNCC3)cc1.Cl. The van der Waals surface area contributed by atoms with Crippen LogP contribution in [0.4, 0.5) is 0 Å². The fourth-order valence-corrected chi connectivity index (χ4v) is 2.70. The van der Waals surface area contributed by atoms with Gasteiger partial charge in [-0.2, -0.15) is 5.10 Å². The Kier molecular flexibility index (Phi) is 6.17. The van der Waals surface area contributed by atoms with Crippen molar-refractivity contribution < 1.29 is 9.59 Å². The maximum absolute atomic E-state index is 12.3. The number of nitrogens with zero attached hydrogens (tertiary/aromatic N) is 2. The average molecular weight is 364 g/mol. The molecule has 3 rings (SSSR count). The van der Waals surface area contributed by atoms with Crippen molar-refractivity contribution in [1.29, 1.82) is 0 Å². The summed E-state index contributed by atoms with van der Waals surface area (Å²) in [6, 6.07) is 7.23. The van der Waals surface area contributed by atoms with Crippen molar-refractivity contribution in [3.05, 3.63) is 52.3 Å². The van der Waals surface area contributed by atoms with E-state index in [0.717, 1.165) is 29.8 Å². The van der Waals surface area contributed by atoms with Crippen LogP contribution in [-0.2, 0) is 19.5 Å². The molecule has 1 aliphatic heterocycles. The molecule has 134 valence electrons. The van der Waals surface area contributed by atoms with Gasteiger partial charge in [0.2, 0.25) is 0 Å². The molecular weight excluding hydrogens is 342 g/mol. The summed E-state index contributed by atoms with van der Waals surface area (Å²) in [4.78, 5) is 25.7. The van der Waals surface area contributed by atoms with E-state index in [4.69, 9.17) is 0 Å². The zero-order chi connectivity index (χ0) is 17.1. The fourth-order valence-electron chi connectivity index (χ4n) is 2.70. The lowest BCUT2D eigenvalue weighted by molar-refractivity contribution is 0.0827. The zero-order valence-electron chi connectivity index (χ0n) is 14.3. The lowest BCUT2D eigenvalue weighted by Gasteiger charge is -2.13. The molecule has 0 radical (unpaired) electrons. The van der Waals surface area contributed by atoms with E-state index >= 15 is 0 Å². The van der Waals surface area contributed by atoms with Crippen molar-refractivity contribution in [2.24, 2.45) is 0 Å². The van der Waals surface area contributed by atoms with Crippen molar-refractivity contribution in [2.45, 2.75) is 19.5 Å². The Morgan fingerprint density at radius 3 is 2.64 bits per heavy atom. The van der Waals surface area contributed by atoms with Gasteiger partial charge in [0.15, 0.2) is 5.69 Å². The van der Waals surface area contributed by atoms with Crippen LogP contribution in [0.2, 0.25) is 0 Å². The summed E-state index contributed by atoms with van der Waals surface area (Å²) in [5, 5.41) is 13.2. The molecule has 0 aliphatic carbocycles. The van der Waals surface area contributed by atoms with E-state index in [1.807, 2.05) is 12.1 Å². The number of nitrogens with one attached hydrogen (secondary N) is 3. The van der Waals surface area contributed by atoms with Crippen LogP contribution in [0.3, 0.4) is 0 Å². The summed E-state index contributed by atoms with van der Waals surface area (Å²) < 4.78 is 0. The van der Waals surface area contributed by atoms with Crippen molar-refractivity contribution in [2.75, 3.05) is 20.6 Å². The maximum Gasteiger partial charge on any atom is 0.272 e. The Morgan fingerprint density at radius 2 is 1.96 bits per heavy atom. The number of hydrogen-bond donors (Lipinski definition) is 3. The minimum atomic E-state index is -0.190. The first-order valence-electron chi connectivity index (χ1n) is 7.92. The van der Waals surface area contributed by atoms with Gasteiger partial charge in [-0.05, 0) is 17.7 Å². The molecule has 1 aliphatic rings. The van der Waals surface area contributed by atoms with Crippen LogP contribution in [-0.4, -0.2) is 47.6 Å². The molecule has 1 aromatic carbocycles. The number of halogens is 1. The Labute approximate surface area is 152 Å². The van der Waals surface area contributed by atoms with E-state index in [-0.39, 0.29) is 24.2 Å². The van der Waals surface area contributed by atoms with Gasteiger partial charge >= 0.3 is 0 Å². The van der Waals surface area contributed by atoms with Gasteiger partial charge in [0.25, 0.3) is 11.8 Å². The number of fused-ring (bicyclic) bond motifs is 1. The third-order valence-electron chi connectivity index (χ3n) is 4.08. The van der Waals surface area contributed by atoms with E-state index in [1.165, 1.54) is 4.90 Å². The number of benzene rings is 1. The second-order valence-electron chi connectivity index (χ2n) is 6.04. The predicted molar refractivity (Wildman–Crippen MR) is 96.9 cm³/mol. The van der Waals surface area contributed by atoms with Crippen LogP contribution < -0.4 is 10.6 Å². The zero-order valence-corrected chi connectivity index (χ0v) is 15.1. The predicted octanol–water partition coefficient (Wildman–Crippen LogP) is 1.11. The van der Waals surface area contributed by atoms with Crippen molar-refractivity contribution in [3.8, 4) is 0 Å². The minimum absolute atomic E-state index is 0. The Bertz CT molecular complexity index is 755. The lowest BCUT2D eigenvalue weighted by Crippen LogP contribution is -2.28. The molecule has 1 aromatic heterocycles. The number of carbonyl (C=O) groups is 2. The van der Waals surface area contributed by atoms with Gasteiger partial charge in [0.05, 0.1) is 0 Å². The third kappa shape index (κ3) is 4.18. The molecule has 3 N–H and O–H groups in total. The third-order valence-corrected chi connectivity index (χ3v) is 4.08. The molecule has 0 bridgehead atoms. The first-order valence-corrected chi connectivity index (χ1v) is 7.92. The molecule has 25 heavy (non-hydrogen) atoms. The molecule has 0 saturated heterocycles. The Hall–Kier alpha value is -2.38. The van der Waals surface area contributed by atoms with Gasteiger partial charge in [0.1, 0.15) is 0 Å². The van der Waals surface area contributed by atoms with E-state index in [9.17, 15) is 9.59 Å². The Balaban J connectivity index is 0.00000225. The van der Waals surface area contributed by atoms with Crippen LogP contribution in [0.1, 0.15) is 37.7 Å². The number of hydrogen-bond acceptors (Lipinski definition) is 4. The molecule has 0 spiro atoms. The van der Waals surface area contributed by atoms with Gasteiger partial charge < -0.3 is 15.5 Å². The van der Waals surface area contributed by atoms with E-state index < -0.39 is 0 Å². The van der Waals surface area contributed by atoms with Gasteiger partial charge in [-0.25, -0.2) is 0 Å². The quantitative estimate of drug-likeness (QED) is 0.759. The average Bonchev–Trinajstić information content (AvgIpc) is 3.03. The van der Waals surface area contributed by atoms with Crippen LogP contribution in [0.15, 0.2) is 24.3 Å². The second kappa shape index (κ2) is 8.13. The van der Waals surface area contributed by atoms with Gasteiger partial charge in [-0.3, -0.25) is 14.7 Å². The monoisotopic (exact) mass is 363 g/mol. The number of rotatable bonds is 4. The summed E-state index contributed by atoms with van der Waals surface area (Å²) in [5.74, 6) is -0.231. The highest BCUT2D eigenvalue weighted by molar-refractivity contribution is 5.94. The summed E-state index contributed by atoms with van der Waals surface area (Å²) in [6.07, 6.45) is 0.858. The van der Waals surface area contributed by atoms with Crippen molar-refractivity contribution in [3.63, 3.8) is 0 Å². The first kappa shape index (κ1) is 19.0. The highest BCUT2D eigenvalue weighted by Crippen LogP contribution is 2.15. The number of H-pyrrole nitrogens is 1. The van der Waals surface area contributed by atoms with Crippen LogP contribution in [0.5, 0.6) is 0 Å². The topological polar surface area (TPSA) is 90.1 Å². The van der Waals surface area contributed by atoms with E-state index in [2.05, 4.69) is 20.8 Å². The molecule has 7 nitrogen and oxygen atoms in total. The summed E-state index contributed by atoms with van der Waals surface area (Å²) >= 11 is 0. The molecule has 0 saturated carbocycles. The lowest BCUT2D eigenvalue weighted by atomic mass is 10.1. The fraction of sp³-hybridized carbons (Fsp3) is 0.353. The van der Waals surface area contributed by atoms with Gasteiger partial charge in [-0.15, -0.1) is 12.4 Å². The second-order valence-corrected chi connectivity index (χ2v) is 6.04. The molecule has 0 unspecified atom stereocenters. The largest absolute Gasteiger partial charge is 0.347 e. The molecular formula is C17H22ClN5O2. The van der Waals surface area contributed by atoms with Crippen LogP contribution in [0.25, 0.3) is 0 Å². The molecule has 8 heteroatoms. The number of aromatic nitrogens is 2. The standard InChI is InChI=1S/C17H21N5O2.ClH/c1-22(2)17(24)12-5-3-11(4-6-12)9-19-16(23)15-13-10-18-8-7-14(13)20-21-15;/h3-6,18H,7-10H2,1-2H3,(H,19,23)(H,20,21);1H. The summed E-state index contributed by atoms with van der Waals surface area (Å²) in [6.45, 7) is 1.95. The smallest absolute Gasteiger partial charge is 0.272 e. The molecule has 2 aromatic rings. The number of amides is 2. The van der Waals surface area contributed by atoms with Crippen molar-refractivity contribution in [1.82, 2.24) is 25.7 Å². The van der Waals surface area contributed by atoms with E-state index in [1.54, 1.807) is 26.2 Å². The van der Waals surface area contributed by atoms with Crippen LogP contribution in [0, 0.1) is 0 Å². The highest BCUT2D eigenvalue weighted by atomic mass is 35.5. The summed E-state index contributed by atoms with van der Waals surface area (Å²) in [7, 11) is 3.44. The first-order chi connectivity index (χ1) is 11.6. The van der Waals surface area contributed by atoms with E-state index in [0.29, 0.717) is 24.3 Å². The van der Waals surface area contributed by atoms with Gasteiger partial charge in [-0.1, -0.05) is 12.1 Å². The van der Waals surface area contributed by atoms with Crippen LogP contribution >= 0.6 is 12.4 Å². The summed E-state index contributed by atoms with van der Waals surface area (Å²) in [5.41, 5.74) is 4.00. The maximum atomic E-state index is 12.3. The minimum Gasteiger partial charge on any atom is -0.347 e. The highest BCUT2D eigenvalue weighted by Gasteiger charge is 2.21. The Morgan fingerprint density at radius 1 is 1.24 bits per heavy atom. The molecule has 2 heterocycles. The molecule has 2 amide bonds. The molecule has 0 atom stereocenters. The molecule has 0 fully saturated rings. The normalized spacial score (nSPS) is 12.7.